The van der Waals surface area contributed by atoms with Crippen molar-refractivity contribution in [1.82, 2.24) is 9.80 Å². The third kappa shape index (κ3) is 5.92. The number of nitrogens with zero attached hydrogens (tertiary/aromatic N) is 2. The Kier molecular flexibility index (Phi) is 7.31. The lowest BCUT2D eigenvalue weighted by Gasteiger charge is -2.40. The van der Waals surface area contributed by atoms with Crippen LogP contribution >= 0.6 is 11.6 Å². The molecule has 2 bridgehead atoms. The number of piperazine rings is 1. The Labute approximate surface area is 210 Å². The standard InChI is InChI=1S/C27H31ClFN3O3/c1-17(33)30-25-13-24(28)23(27(2,3)35)12-19(25)6-11-26(34)32-21-9-10-22(32)16-31(15-21)14-18-4-7-20(29)8-5-18/h4-8,11-13,21-22,35H,9-10,14-16H2,1-3H3,(H,30,33)/b11-6+. The highest BCUT2D eigenvalue weighted by Gasteiger charge is 2.41. The van der Waals surface area contributed by atoms with Crippen molar-refractivity contribution in [2.75, 3.05) is 18.4 Å². The highest BCUT2D eigenvalue weighted by molar-refractivity contribution is 6.32. The van der Waals surface area contributed by atoms with Gasteiger partial charge in [0.2, 0.25) is 11.8 Å². The van der Waals surface area contributed by atoms with Crippen LogP contribution in [0.25, 0.3) is 6.08 Å². The molecule has 2 aromatic rings. The number of benzene rings is 2. The van der Waals surface area contributed by atoms with Crippen LogP contribution in [0.15, 0.2) is 42.5 Å². The Balaban J connectivity index is 1.50. The summed E-state index contributed by atoms with van der Waals surface area (Å²) in [6, 6.07) is 10.1. The molecular formula is C27H31ClFN3O3. The first-order valence-electron chi connectivity index (χ1n) is 11.8. The number of aliphatic hydroxyl groups is 1. The van der Waals surface area contributed by atoms with Crippen LogP contribution in [0.5, 0.6) is 0 Å². The Bertz CT molecular complexity index is 1130. The van der Waals surface area contributed by atoms with Gasteiger partial charge in [-0.1, -0.05) is 23.7 Å². The second kappa shape index (κ2) is 10.1. The van der Waals surface area contributed by atoms with E-state index in [2.05, 4.69) is 10.2 Å². The minimum Gasteiger partial charge on any atom is -0.386 e. The second-order valence-electron chi connectivity index (χ2n) is 9.94. The van der Waals surface area contributed by atoms with Crippen molar-refractivity contribution < 1.29 is 19.1 Å². The molecule has 0 aliphatic carbocycles. The molecule has 2 atom stereocenters. The number of amides is 2. The molecule has 35 heavy (non-hydrogen) atoms. The summed E-state index contributed by atoms with van der Waals surface area (Å²) in [7, 11) is 0. The Morgan fingerprint density at radius 2 is 1.80 bits per heavy atom. The molecular weight excluding hydrogens is 469 g/mol. The summed E-state index contributed by atoms with van der Waals surface area (Å²) in [5.41, 5.74) is 1.46. The molecule has 2 fully saturated rings. The lowest BCUT2D eigenvalue weighted by atomic mass is 9.95. The van der Waals surface area contributed by atoms with E-state index >= 15 is 0 Å². The van der Waals surface area contributed by atoms with E-state index in [1.165, 1.54) is 25.1 Å². The molecule has 0 radical (unpaired) electrons. The number of nitrogens with one attached hydrogen (secondary N) is 1. The summed E-state index contributed by atoms with van der Waals surface area (Å²) in [6.45, 7) is 6.94. The number of carbonyl (C=O) groups excluding carboxylic acids is 2. The highest BCUT2D eigenvalue weighted by atomic mass is 35.5. The summed E-state index contributed by atoms with van der Waals surface area (Å²) in [4.78, 5) is 29.2. The Hall–Kier alpha value is -2.74. The first-order valence-corrected chi connectivity index (χ1v) is 12.2. The molecule has 0 spiro atoms. The average molecular weight is 500 g/mol. The molecule has 4 rings (SSSR count). The third-order valence-corrected chi connectivity index (χ3v) is 6.96. The first-order chi connectivity index (χ1) is 16.5. The highest BCUT2D eigenvalue weighted by Crippen LogP contribution is 2.34. The van der Waals surface area contributed by atoms with E-state index in [9.17, 15) is 19.1 Å². The van der Waals surface area contributed by atoms with E-state index < -0.39 is 5.60 Å². The maximum absolute atomic E-state index is 13.2. The van der Waals surface area contributed by atoms with Gasteiger partial charge >= 0.3 is 0 Å². The zero-order valence-corrected chi connectivity index (χ0v) is 21.0. The summed E-state index contributed by atoms with van der Waals surface area (Å²) in [5, 5.41) is 13.6. The minimum absolute atomic E-state index is 0.0764. The fourth-order valence-corrected chi connectivity index (χ4v) is 5.46. The fraction of sp³-hybridized carbons (Fsp3) is 0.407. The van der Waals surface area contributed by atoms with Crippen LogP contribution in [0, 0.1) is 5.82 Å². The van der Waals surface area contributed by atoms with Crippen LogP contribution in [-0.2, 0) is 21.7 Å². The molecule has 2 aliphatic rings. The van der Waals surface area contributed by atoms with Crippen molar-refractivity contribution >= 4 is 35.2 Å². The van der Waals surface area contributed by atoms with Gasteiger partial charge in [-0.05, 0) is 68.2 Å². The van der Waals surface area contributed by atoms with E-state index in [0.717, 1.165) is 38.0 Å². The van der Waals surface area contributed by atoms with Gasteiger partial charge < -0.3 is 15.3 Å². The maximum Gasteiger partial charge on any atom is 0.247 e. The van der Waals surface area contributed by atoms with Gasteiger partial charge in [-0.25, -0.2) is 4.39 Å². The molecule has 0 saturated carbocycles. The van der Waals surface area contributed by atoms with Crippen molar-refractivity contribution in [2.24, 2.45) is 0 Å². The van der Waals surface area contributed by atoms with Gasteiger partial charge in [0.15, 0.2) is 0 Å². The Morgan fingerprint density at radius 1 is 1.17 bits per heavy atom. The molecule has 2 N–H and O–H groups in total. The zero-order chi connectivity index (χ0) is 25.3. The normalized spacial score (nSPS) is 20.5. The monoisotopic (exact) mass is 499 g/mol. The summed E-state index contributed by atoms with van der Waals surface area (Å²) in [5.74, 6) is -0.575. The number of carbonyl (C=O) groups is 2. The predicted molar refractivity (Wildman–Crippen MR) is 135 cm³/mol. The molecule has 6 nitrogen and oxygen atoms in total. The van der Waals surface area contributed by atoms with E-state index in [0.29, 0.717) is 21.8 Å². The first kappa shape index (κ1) is 25.4. The molecule has 2 unspecified atom stereocenters. The van der Waals surface area contributed by atoms with Crippen LogP contribution in [0.4, 0.5) is 10.1 Å². The minimum atomic E-state index is -1.18. The molecule has 0 aromatic heterocycles. The van der Waals surface area contributed by atoms with Crippen molar-refractivity contribution in [1.29, 1.82) is 0 Å². The Morgan fingerprint density at radius 3 is 2.37 bits per heavy atom. The van der Waals surface area contributed by atoms with Crippen LogP contribution in [-0.4, -0.2) is 51.9 Å². The lowest BCUT2D eigenvalue weighted by molar-refractivity contribution is -0.131. The number of fused-ring (bicyclic) bond motifs is 2. The number of hydrogen-bond donors (Lipinski definition) is 2. The number of hydrogen-bond acceptors (Lipinski definition) is 4. The lowest BCUT2D eigenvalue weighted by Crippen LogP contribution is -2.55. The molecule has 8 heteroatoms. The van der Waals surface area contributed by atoms with Crippen molar-refractivity contribution in [3.63, 3.8) is 0 Å². The van der Waals surface area contributed by atoms with Gasteiger partial charge in [0.25, 0.3) is 0 Å². The van der Waals surface area contributed by atoms with Crippen molar-refractivity contribution in [2.45, 2.75) is 57.8 Å². The van der Waals surface area contributed by atoms with Gasteiger partial charge in [-0.15, -0.1) is 0 Å². The van der Waals surface area contributed by atoms with E-state index in [4.69, 9.17) is 11.6 Å². The maximum atomic E-state index is 13.2. The average Bonchev–Trinajstić information content (AvgIpc) is 3.04. The summed E-state index contributed by atoms with van der Waals surface area (Å²) < 4.78 is 13.2. The van der Waals surface area contributed by atoms with Gasteiger partial charge in [-0.2, -0.15) is 0 Å². The van der Waals surface area contributed by atoms with Crippen LogP contribution in [0.1, 0.15) is 50.3 Å². The second-order valence-corrected chi connectivity index (χ2v) is 10.4. The largest absolute Gasteiger partial charge is 0.386 e. The number of halogens is 2. The van der Waals surface area contributed by atoms with Gasteiger partial charge in [-0.3, -0.25) is 14.5 Å². The zero-order valence-electron chi connectivity index (χ0n) is 20.2. The van der Waals surface area contributed by atoms with Gasteiger partial charge in [0.1, 0.15) is 5.82 Å². The molecule has 186 valence electrons. The topological polar surface area (TPSA) is 72.9 Å². The number of anilines is 1. The van der Waals surface area contributed by atoms with Crippen LogP contribution < -0.4 is 5.32 Å². The van der Waals surface area contributed by atoms with Crippen LogP contribution in [0.3, 0.4) is 0 Å². The van der Waals surface area contributed by atoms with E-state index in [1.54, 1.807) is 44.2 Å². The van der Waals surface area contributed by atoms with Crippen LogP contribution in [0.2, 0.25) is 5.02 Å². The third-order valence-electron chi connectivity index (χ3n) is 6.65. The summed E-state index contributed by atoms with van der Waals surface area (Å²) >= 11 is 6.35. The van der Waals surface area contributed by atoms with E-state index in [1.807, 2.05) is 4.90 Å². The number of rotatable bonds is 6. The van der Waals surface area contributed by atoms with Gasteiger partial charge in [0.05, 0.1) is 5.60 Å². The molecule has 2 amide bonds. The summed E-state index contributed by atoms with van der Waals surface area (Å²) in [6.07, 6.45) is 5.10. The molecule has 2 aliphatic heterocycles. The number of likely N-dealkylation sites (tertiary alicyclic amines) is 1. The SMILES string of the molecule is CC(=O)Nc1cc(Cl)c(C(C)(C)O)cc1/C=C/C(=O)N1C2CCC1CN(Cc1ccc(F)cc1)C2. The molecule has 2 saturated heterocycles. The predicted octanol–water partition coefficient (Wildman–Crippen LogP) is 4.55. The fourth-order valence-electron chi connectivity index (χ4n) is 5.07. The quantitative estimate of drug-likeness (QED) is 0.572. The van der Waals surface area contributed by atoms with Gasteiger partial charge in [0, 0.05) is 61.0 Å². The van der Waals surface area contributed by atoms with Crippen molar-refractivity contribution in [3.8, 4) is 0 Å². The van der Waals surface area contributed by atoms with E-state index in [-0.39, 0.29) is 29.7 Å². The molecule has 2 aromatic carbocycles. The molecule has 2 heterocycles. The van der Waals surface area contributed by atoms with Crippen molar-refractivity contribution in [3.05, 3.63) is 70.0 Å². The smallest absolute Gasteiger partial charge is 0.247 e.